The van der Waals surface area contributed by atoms with Crippen molar-refractivity contribution in [2.45, 2.75) is 18.9 Å². The summed E-state index contributed by atoms with van der Waals surface area (Å²) in [5.41, 5.74) is 0.286. The van der Waals surface area contributed by atoms with Gasteiger partial charge in [-0.3, -0.25) is 4.79 Å². The van der Waals surface area contributed by atoms with E-state index < -0.39 is 0 Å². The Kier molecular flexibility index (Phi) is 2.96. The maximum Gasteiger partial charge on any atom is 0.242 e. The van der Waals surface area contributed by atoms with E-state index in [1.165, 1.54) is 12.3 Å². The predicted molar refractivity (Wildman–Crippen MR) is 56.4 cm³/mol. The van der Waals surface area contributed by atoms with E-state index in [9.17, 15) is 4.79 Å². The molecular weight excluding hydrogens is 206 g/mol. The third-order valence-corrected chi connectivity index (χ3v) is 2.36. The smallest absolute Gasteiger partial charge is 0.242 e. The van der Waals surface area contributed by atoms with Gasteiger partial charge in [0.25, 0.3) is 0 Å². The van der Waals surface area contributed by atoms with Gasteiger partial charge in [0, 0.05) is 12.7 Å². The molecule has 1 saturated heterocycles. The Labute approximate surface area is 92.7 Å². The van der Waals surface area contributed by atoms with Crippen molar-refractivity contribution in [2.24, 2.45) is 0 Å². The van der Waals surface area contributed by atoms with Gasteiger partial charge in [-0.1, -0.05) is 0 Å². The molecule has 1 amide bonds. The third kappa shape index (κ3) is 2.25. The molecule has 0 bridgehead atoms. The predicted octanol–water partition coefficient (Wildman–Crippen LogP) is 0.0388. The number of rotatable bonds is 2. The maximum absolute atomic E-state index is 11.5. The Morgan fingerprint density at radius 2 is 2.50 bits per heavy atom. The van der Waals surface area contributed by atoms with E-state index in [0.717, 1.165) is 19.4 Å². The zero-order valence-electron chi connectivity index (χ0n) is 8.60. The summed E-state index contributed by atoms with van der Waals surface area (Å²) in [5, 5.41) is 14.4. The third-order valence-electron chi connectivity index (χ3n) is 2.36. The summed E-state index contributed by atoms with van der Waals surface area (Å²) in [7, 11) is 0. The minimum Gasteiger partial charge on any atom is -0.354 e. The second-order valence-electron chi connectivity index (χ2n) is 3.51. The first kappa shape index (κ1) is 10.4. The minimum absolute atomic E-state index is 0.0442. The normalized spacial score (nSPS) is 19.7. The first-order valence-electron chi connectivity index (χ1n) is 5.07. The molecule has 1 aliphatic rings. The van der Waals surface area contributed by atoms with Crippen LogP contribution < -0.4 is 10.6 Å². The highest BCUT2D eigenvalue weighted by Crippen LogP contribution is 2.09. The molecule has 0 radical (unpaired) electrons. The molecule has 16 heavy (non-hydrogen) atoms. The summed E-state index contributed by atoms with van der Waals surface area (Å²) in [4.78, 5) is 19.4. The fourth-order valence-corrected chi connectivity index (χ4v) is 1.56. The topological polar surface area (TPSA) is 90.7 Å². The van der Waals surface area contributed by atoms with Crippen molar-refractivity contribution in [1.29, 1.82) is 5.26 Å². The molecule has 1 fully saturated rings. The number of aromatic nitrogens is 2. The largest absolute Gasteiger partial charge is 0.354 e. The summed E-state index contributed by atoms with van der Waals surface area (Å²) >= 11 is 0. The standard InChI is InChI=1S/C10H11N5O/c11-6-7-3-5-13-10(14-7)15-8-2-1-4-12-9(8)16/h3,5,8H,1-2,4H2,(H,12,16)(H,13,14,15). The molecule has 0 aromatic carbocycles. The fourth-order valence-electron chi connectivity index (χ4n) is 1.56. The molecule has 1 atom stereocenters. The molecule has 1 aliphatic heterocycles. The molecular formula is C10H11N5O. The lowest BCUT2D eigenvalue weighted by Crippen LogP contribution is -2.44. The molecule has 6 heteroatoms. The molecule has 6 nitrogen and oxygen atoms in total. The Balaban J connectivity index is 2.08. The van der Waals surface area contributed by atoms with Gasteiger partial charge in [0.1, 0.15) is 17.8 Å². The van der Waals surface area contributed by atoms with Gasteiger partial charge in [0.05, 0.1) is 0 Å². The van der Waals surface area contributed by atoms with Crippen LogP contribution in [-0.4, -0.2) is 28.5 Å². The number of amides is 1. The van der Waals surface area contributed by atoms with Gasteiger partial charge >= 0.3 is 0 Å². The van der Waals surface area contributed by atoms with Crippen molar-refractivity contribution in [3.8, 4) is 6.07 Å². The van der Waals surface area contributed by atoms with Crippen LogP contribution in [0.15, 0.2) is 12.3 Å². The SMILES string of the molecule is N#Cc1ccnc(NC2CCCNC2=O)n1. The number of nitrogens with zero attached hydrogens (tertiary/aromatic N) is 3. The molecule has 1 aromatic rings. The lowest BCUT2D eigenvalue weighted by molar-refractivity contribution is -0.123. The number of hydrogen-bond acceptors (Lipinski definition) is 5. The van der Waals surface area contributed by atoms with Crippen LogP contribution in [0, 0.1) is 11.3 Å². The van der Waals surface area contributed by atoms with E-state index in [-0.39, 0.29) is 17.6 Å². The van der Waals surface area contributed by atoms with Crippen LogP contribution in [0.25, 0.3) is 0 Å². The second-order valence-corrected chi connectivity index (χ2v) is 3.51. The number of nitriles is 1. The average molecular weight is 217 g/mol. The van der Waals surface area contributed by atoms with Gasteiger partial charge in [0.15, 0.2) is 0 Å². The average Bonchev–Trinajstić information content (AvgIpc) is 2.32. The molecule has 2 rings (SSSR count). The van der Waals surface area contributed by atoms with E-state index in [0.29, 0.717) is 5.95 Å². The highest BCUT2D eigenvalue weighted by Gasteiger charge is 2.22. The summed E-state index contributed by atoms with van der Waals surface area (Å²) in [6, 6.07) is 3.14. The van der Waals surface area contributed by atoms with Gasteiger partial charge in [0.2, 0.25) is 11.9 Å². The van der Waals surface area contributed by atoms with E-state index in [2.05, 4.69) is 20.6 Å². The second kappa shape index (κ2) is 4.57. The van der Waals surface area contributed by atoms with E-state index >= 15 is 0 Å². The lowest BCUT2D eigenvalue weighted by atomic mass is 10.1. The zero-order valence-corrected chi connectivity index (χ0v) is 8.60. The van der Waals surface area contributed by atoms with Crippen molar-refractivity contribution >= 4 is 11.9 Å². The molecule has 82 valence electrons. The van der Waals surface area contributed by atoms with E-state index in [4.69, 9.17) is 5.26 Å². The number of hydrogen-bond donors (Lipinski definition) is 2. The van der Waals surface area contributed by atoms with Gasteiger partial charge in [-0.15, -0.1) is 0 Å². The van der Waals surface area contributed by atoms with E-state index in [1.54, 1.807) is 0 Å². The zero-order chi connectivity index (χ0) is 11.4. The van der Waals surface area contributed by atoms with Gasteiger partial charge in [-0.05, 0) is 18.9 Å². The molecule has 0 spiro atoms. The summed E-state index contributed by atoms with van der Waals surface area (Å²) in [6.07, 6.45) is 3.18. The lowest BCUT2D eigenvalue weighted by Gasteiger charge is -2.22. The first-order valence-corrected chi connectivity index (χ1v) is 5.07. The molecule has 1 aromatic heterocycles. The van der Waals surface area contributed by atoms with Crippen molar-refractivity contribution in [3.05, 3.63) is 18.0 Å². The van der Waals surface area contributed by atoms with Gasteiger partial charge in [-0.2, -0.15) is 5.26 Å². The van der Waals surface area contributed by atoms with Crippen molar-refractivity contribution in [3.63, 3.8) is 0 Å². The Morgan fingerprint density at radius 3 is 3.25 bits per heavy atom. The number of nitrogens with one attached hydrogen (secondary N) is 2. The first-order chi connectivity index (χ1) is 7.79. The molecule has 0 saturated carbocycles. The van der Waals surface area contributed by atoms with Crippen LogP contribution in [-0.2, 0) is 4.79 Å². The van der Waals surface area contributed by atoms with Crippen LogP contribution in [0.2, 0.25) is 0 Å². The molecule has 0 aliphatic carbocycles. The number of carbonyl (C=O) groups is 1. The van der Waals surface area contributed by atoms with Crippen molar-refractivity contribution in [1.82, 2.24) is 15.3 Å². The number of anilines is 1. The minimum atomic E-state index is -0.303. The Morgan fingerprint density at radius 1 is 1.62 bits per heavy atom. The maximum atomic E-state index is 11.5. The molecule has 2 N–H and O–H groups in total. The monoisotopic (exact) mass is 217 g/mol. The van der Waals surface area contributed by atoms with Gasteiger partial charge < -0.3 is 10.6 Å². The summed E-state index contributed by atoms with van der Waals surface area (Å²) in [5.74, 6) is 0.276. The van der Waals surface area contributed by atoms with Crippen LogP contribution in [0.1, 0.15) is 18.5 Å². The Hall–Kier alpha value is -2.16. The highest BCUT2D eigenvalue weighted by atomic mass is 16.2. The molecule has 2 heterocycles. The Bertz CT molecular complexity index is 439. The van der Waals surface area contributed by atoms with Crippen molar-refractivity contribution in [2.75, 3.05) is 11.9 Å². The van der Waals surface area contributed by atoms with E-state index in [1.807, 2.05) is 6.07 Å². The van der Waals surface area contributed by atoms with Crippen LogP contribution in [0.5, 0.6) is 0 Å². The summed E-state index contributed by atoms with van der Waals surface area (Å²) < 4.78 is 0. The van der Waals surface area contributed by atoms with Crippen LogP contribution in [0.3, 0.4) is 0 Å². The highest BCUT2D eigenvalue weighted by molar-refractivity contribution is 5.84. The number of carbonyl (C=O) groups excluding carboxylic acids is 1. The van der Waals surface area contributed by atoms with Crippen LogP contribution in [0.4, 0.5) is 5.95 Å². The van der Waals surface area contributed by atoms with Crippen molar-refractivity contribution < 1.29 is 4.79 Å². The summed E-state index contributed by atoms with van der Waals surface area (Å²) in [6.45, 7) is 0.718. The number of piperidine rings is 1. The quantitative estimate of drug-likeness (QED) is 0.729. The molecule has 1 unspecified atom stereocenters. The van der Waals surface area contributed by atoms with Gasteiger partial charge in [-0.25, -0.2) is 9.97 Å². The fraction of sp³-hybridized carbons (Fsp3) is 0.400. The van der Waals surface area contributed by atoms with Crippen LogP contribution >= 0.6 is 0 Å².